The van der Waals surface area contributed by atoms with E-state index < -0.39 is 17.5 Å². The lowest BCUT2D eigenvalue weighted by Gasteiger charge is -2.06. The van der Waals surface area contributed by atoms with Gasteiger partial charge in [-0.2, -0.15) is 0 Å². The van der Waals surface area contributed by atoms with Gasteiger partial charge in [0.15, 0.2) is 17.5 Å². The van der Waals surface area contributed by atoms with Crippen LogP contribution in [0.3, 0.4) is 0 Å². The van der Waals surface area contributed by atoms with Crippen LogP contribution >= 0.6 is 0 Å². The third-order valence-corrected chi connectivity index (χ3v) is 3.07. The van der Waals surface area contributed by atoms with E-state index in [2.05, 4.69) is 6.58 Å². The zero-order chi connectivity index (χ0) is 14.7. The minimum atomic E-state index is -1.45. The van der Waals surface area contributed by atoms with Crippen molar-refractivity contribution in [2.45, 2.75) is 6.92 Å². The van der Waals surface area contributed by atoms with Crippen molar-refractivity contribution in [3.8, 4) is 11.1 Å². The minimum Gasteiger partial charge on any atom is -0.204 e. The molecule has 2 rings (SSSR count). The van der Waals surface area contributed by atoms with Gasteiger partial charge in [0.25, 0.3) is 0 Å². The van der Waals surface area contributed by atoms with E-state index in [9.17, 15) is 13.2 Å². The molecule has 0 bridgehead atoms. The van der Waals surface area contributed by atoms with E-state index in [1.807, 2.05) is 25.1 Å². The number of benzene rings is 2. The zero-order valence-electron chi connectivity index (χ0n) is 11.0. The SMILES string of the molecule is C=CC(=CC)c1ccc(-c2cc(F)c(F)c(F)c2)cc1. The molecule has 0 heterocycles. The molecule has 2 aromatic rings. The Balaban J connectivity index is 2.43. The van der Waals surface area contributed by atoms with Crippen molar-refractivity contribution in [3.05, 3.63) is 78.1 Å². The Hall–Kier alpha value is -2.29. The molecule has 20 heavy (non-hydrogen) atoms. The molecule has 0 aromatic heterocycles. The summed E-state index contributed by atoms with van der Waals surface area (Å²) in [5.74, 6) is -3.83. The Bertz CT molecular complexity index is 644. The Labute approximate surface area is 115 Å². The second-order valence-electron chi connectivity index (χ2n) is 4.28. The van der Waals surface area contributed by atoms with Crippen LogP contribution in [0.25, 0.3) is 16.7 Å². The number of hydrogen-bond donors (Lipinski definition) is 0. The highest BCUT2D eigenvalue weighted by atomic mass is 19.2. The van der Waals surface area contributed by atoms with E-state index in [1.54, 1.807) is 18.2 Å². The van der Waals surface area contributed by atoms with Gasteiger partial charge in [-0.1, -0.05) is 43.0 Å². The Kier molecular flexibility index (Phi) is 4.08. The third-order valence-electron chi connectivity index (χ3n) is 3.07. The summed E-state index contributed by atoms with van der Waals surface area (Å²) in [5.41, 5.74) is 2.84. The minimum absolute atomic E-state index is 0.300. The first-order valence-electron chi connectivity index (χ1n) is 6.11. The predicted molar refractivity (Wildman–Crippen MR) is 75.6 cm³/mol. The normalized spacial score (nSPS) is 11.5. The van der Waals surface area contributed by atoms with Crippen LogP contribution in [0.4, 0.5) is 13.2 Å². The molecule has 0 aliphatic carbocycles. The van der Waals surface area contributed by atoms with Crippen LogP contribution in [-0.4, -0.2) is 0 Å². The fraction of sp³-hybridized carbons (Fsp3) is 0.0588. The molecule has 0 atom stereocenters. The lowest BCUT2D eigenvalue weighted by atomic mass is 10.00. The van der Waals surface area contributed by atoms with E-state index in [-0.39, 0.29) is 0 Å². The molecule has 0 saturated heterocycles. The summed E-state index contributed by atoms with van der Waals surface area (Å²) < 4.78 is 39.3. The Morgan fingerprint density at radius 3 is 1.95 bits per heavy atom. The van der Waals surface area contributed by atoms with Gasteiger partial charge in [-0.05, 0) is 41.3 Å². The van der Waals surface area contributed by atoms with Crippen LogP contribution in [0.2, 0.25) is 0 Å². The molecule has 0 unspecified atom stereocenters. The highest BCUT2D eigenvalue weighted by Crippen LogP contribution is 2.25. The summed E-state index contributed by atoms with van der Waals surface area (Å²) in [7, 11) is 0. The van der Waals surface area contributed by atoms with Crippen LogP contribution in [0.1, 0.15) is 12.5 Å². The van der Waals surface area contributed by atoms with Crippen molar-refractivity contribution in [2.24, 2.45) is 0 Å². The van der Waals surface area contributed by atoms with E-state index in [0.717, 1.165) is 23.3 Å². The lowest BCUT2D eigenvalue weighted by molar-refractivity contribution is 0.448. The second kappa shape index (κ2) is 5.78. The van der Waals surface area contributed by atoms with Crippen molar-refractivity contribution >= 4 is 5.57 Å². The highest BCUT2D eigenvalue weighted by molar-refractivity contribution is 5.75. The number of halogens is 3. The van der Waals surface area contributed by atoms with Gasteiger partial charge in [-0.15, -0.1) is 0 Å². The van der Waals surface area contributed by atoms with Crippen molar-refractivity contribution < 1.29 is 13.2 Å². The van der Waals surface area contributed by atoms with Gasteiger partial charge < -0.3 is 0 Å². The van der Waals surface area contributed by atoms with Crippen LogP contribution in [-0.2, 0) is 0 Å². The van der Waals surface area contributed by atoms with Crippen LogP contribution in [0, 0.1) is 17.5 Å². The molecule has 2 aromatic carbocycles. The molecule has 0 amide bonds. The zero-order valence-corrected chi connectivity index (χ0v) is 11.0. The van der Waals surface area contributed by atoms with E-state index in [0.29, 0.717) is 11.1 Å². The first-order valence-corrected chi connectivity index (χ1v) is 6.11. The molecule has 0 fully saturated rings. The third kappa shape index (κ3) is 2.67. The average molecular weight is 274 g/mol. The molecule has 3 heteroatoms. The van der Waals surface area contributed by atoms with Gasteiger partial charge in [0.2, 0.25) is 0 Å². The summed E-state index contributed by atoms with van der Waals surface area (Å²) >= 11 is 0. The van der Waals surface area contributed by atoms with Crippen LogP contribution < -0.4 is 0 Å². The van der Waals surface area contributed by atoms with E-state index in [1.165, 1.54) is 0 Å². The molecule has 0 saturated carbocycles. The molecule has 0 aliphatic rings. The van der Waals surface area contributed by atoms with Crippen LogP contribution in [0.15, 0.2) is 55.1 Å². The standard InChI is InChI=1S/C17H13F3/c1-3-11(4-2)12-5-7-13(8-6-12)14-9-15(18)17(20)16(19)10-14/h3-10H,1H2,2H3. The molecule has 0 aliphatic heterocycles. The van der Waals surface area contributed by atoms with Crippen LogP contribution in [0.5, 0.6) is 0 Å². The molecule has 102 valence electrons. The van der Waals surface area contributed by atoms with Crippen molar-refractivity contribution in [3.63, 3.8) is 0 Å². The fourth-order valence-electron chi connectivity index (χ4n) is 1.98. The summed E-state index contributed by atoms with van der Waals surface area (Å²) in [6.07, 6.45) is 3.64. The first-order chi connectivity index (χ1) is 9.56. The first kappa shape index (κ1) is 14.1. The quantitative estimate of drug-likeness (QED) is 0.522. The predicted octanol–water partition coefficient (Wildman–Crippen LogP) is 5.36. The van der Waals surface area contributed by atoms with Gasteiger partial charge >= 0.3 is 0 Å². The largest absolute Gasteiger partial charge is 0.204 e. The molecular weight excluding hydrogens is 261 g/mol. The smallest absolute Gasteiger partial charge is 0.194 e. The van der Waals surface area contributed by atoms with Crippen molar-refractivity contribution in [1.29, 1.82) is 0 Å². The lowest BCUT2D eigenvalue weighted by Crippen LogP contribution is -1.92. The Morgan fingerprint density at radius 2 is 1.50 bits per heavy atom. The van der Waals surface area contributed by atoms with Gasteiger partial charge in [-0.3, -0.25) is 0 Å². The van der Waals surface area contributed by atoms with Crippen molar-refractivity contribution in [1.82, 2.24) is 0 Å². The summed E-state index contributed by atoms with van der Waals surface area (Å²) in [6, 6.07) is 9.08. The fourth-order valence-corrected chi connectivity index (χ4v) is 1.98. The monoisotopic (exact) mass is 274 g/mol. The van der Waals surface area contributed by atoms with E-state index in [4.69, 9.17) is 0 Å². The highest BCUT2D eigenvalue weighted by Gasteiger charge is 2.11. The van der Waals surface area contributed by atoms with Crippen molar-refractivity contribution in [2.75, 3.05) is 0 Å². The molecule has 0 radical (unpaired) electrons. The summed E-state index contributed by atoms with van der Waals surface area (Å²) in [5, 5.41) is 0. The summed E-state index contributed by atoms with van der Waals surface area (Å²) in [4.78, 5) is 0. The van der Waals surface area contributed by atoms with Gasteiger partial charge in [0.05, 0.1) is 0 Å². The van der Waals surface area contributed by atoms with E-state index >= 15 is 0 Å². The molecule has 0 nitrogen and oxygen atoms in total. The van der Waals surface area contributed by atoms with Gasteiger partial charge in [0.1, 0.15) is 0 Å². The Morgan fingerprint density at radius 1 is 0.950 bits per heavy atom. The second-order valence-corrected chi connectivity index (χ2v) is 4.28. The summed E-state index contributed by atoms with van der Waals surface area (Å²) in [6.45, 7) is 5.61. The maximum Gasteiger partial charge on any atom is 0.194 e. The topological polar surface area (TPSA) is 0 Å². The maximum absolute atomic E-state index is 13.2. The molecule has 0 N–H and O–H groups in total. The number of rotatable bonds is 3. The molecular formula is C17H13F3. The average Bonchev–Trinajstić information content (AvgIpc) is 2.46. The molecule has 0 spiro atoms. The van der Waals surface area contributed by atoms with Gasteiger partial charge in [-0.25, -0.2) is 13.2 Å². The van der Waals surface area contributed by atoms with Gasteiger partial charge in [0, 0.05) is 0 Å². The number of hydrogen-bond acceptors (Lipinski definition) is 0. The number of allylic oxidation sites excluding steroid dienone is 3. The maximum atomic E-state index is 13.2.